The molecule has 0 aliphatic rings. The average molecular weight is 901 g/mol. The molecule has 66 heavy (non-hydrogen) atoms. The van der Waals surface area contributed by atoms with Crippen molar-refractivity contribution in [2.45, 2.75) is 63.4 Å². The lowest BCUT2D eigenvalue weighted by Gasteiger charge is -2.26. The number of benzene rings is 4. The molecule has 19 nitrogen and oxygen atoms in total. The molecule has 0 radical (unpaired) electrons. The average Bonchev–Trinajstić information content (AvgIpc) is 3.98. The second-order valence-corrected chi connectivity index (χ2v) is 14.5. The number of carbonyl (C=O) groups is 7. The predicted octanol–water partition coefficient (Wildman–Crippen LogP) is 5.15. The number of nitrogens with zero attached hydrogens (tertiary/aromatic N) is 4. The molecule has 0 spiro atoms. The molecule has 0 saturated heterocycles. The van der Waals surface area contributed by atoms with Crippen LogP contribution < -0.4 is 10.6 Å². The number of Topliss-reactive ketones (excluding diaryl/α,β-unsaturated/α-hetero) is 1. The lowest BCUT2D eigenvalue weighted by molar-refractivity contribution is -0.177. The van der Waals surface area contributed by atoms with Crippen molar-refractivity contribution in [1.29, 1.82) is 0 Å². The van der Waals surface area contributed by atoms with Gasteiger partial charge in [-0.25, -0.2) is 28.5 Å². The number of alkyl carbamates (subject to hydrolysis) is 2. The Morgan fingerprint density at radius 3 is 1.15 bits per heavy atom. The molecular formula is C47H44N6O13. The van der Waals surface area contributed by atoms with E-state index in [2.05, 4.69) is 20.8 Å². The van der Waals surface area contributed by atoms with Crippen molar-refractivity contribution in [3.63, 3.8) is 0 Å². The Balaban J connectivity index is 1.29. The summed E-state index contributed by atoms with van der Waals surface area (Å²) < 4.78 is 23.9. The van der Waals surface area contributed by atoms with Crippen LogP contribution in [-0.2, 0) is 69.0 Å². The van der Waals surface area contributed by atoms with E-state index >= 15 is 4.79 Å². The maximum atomic E-state index is 15.1. The summed E-state index contributed by atoms with van der Waals surface area (Å²) in [5.41, 5.74) is 3.39. The van der Waals surface area contributed by atoms with E-state index in [1.807, 2.05) is 0 Å². The van der Waals surface area contributed by atoms with Crippen LogP contribution >= 0.6 is 0 Å². The smallest absolute Gasteiger partial charge is 0.408 e. The number of carbonyl (C=O) groups excluding carboxylic acids is 5. The van der Waals surface area contributed by atoms with Crippen molar-refractivity contribution in [1.82, 2.24) is 30.2 Å². The van der Waals surface area contributed by atoms with Gasteiger partial charge in [0, 0.05) is 36.6 Å². The summed E-state index contributed by atoms with van der Waals surface area (Å²) in [6.45, 7) is -0.407. The van der Waals surface area contributed by atoms with Crippen molar-refractivity contribution in [2.75, 3.05) is 0 Å². The van der Waals surface area contributed by atoms with Gasteiger partial charge in [0.1, 0.15) is 25.3 Å². The zero-order chi connectivity index (χ0) is 46.8. The van der Waals surface area contributed by atoms with E-state index in [0.29, 0.717) is 22.5 Å². The maximum Gasteiger partial charge on any atom is 0.408 e. The standard InChI is InChI=1S/C47H44N6O13/c54-39(27-37(44(57)58)50-46(61)63-29-33-17-9-3-10-18-33)65-42(52-35(21-23-48-52)25-31-13-5-1-6-14-31)41(56)43(53-36(22-24-49-53)26-32-15-7-2-8-16-32)66-40(55)28-38(45(59)60)51-47(62)64-30-34-19-11-4-12-20-34/h1-24,37-38,42-43H,25-30H2,(H,50,61)(H,51,62)(H,57,58)(H,59,60)/t37-,38-,42?,43?/m0/s1. The summed E-state index contributed by atoms with van der Waals surface area (Å²) in [6.07, 6.45) is -5.55. The SMILES string of the molecule is O=C(C[C@H](NC(=O)OCc1ccccc1)C(=O)O)OC(C(=O)C(OC(=O)C[C@H](NC(=O)OCc1ccccc1)C(=O)O)n1nccc1Cc1ccccc1)n1nccc1Cc1ccccc1. The molecule has 0 saturated carbocycles. The number of hydrogen-bond donors (Lipinski definition) is 4. The molecule has 2 aromatic heterocycles. The van der Waals surface area contributed by atoms with Gasteiger partial charge >= 0.3 is 36.1 Å². The number of rotatable bonds is 22. The van der Waals surface area contributed by atoms with Crippen LogP contribution in [0.5, 0.6) is 0 Å². The first-order valence-corrected chi connectivity index (χ1v) is 20.4. The second-order valence-electron chi connectivity index (χ2n) is 14.5. The Kier molecular flexibility index (Phi) is 16.5. The minimum absolute atomic E-state index is 0.145. The Hall–Kier alpha value is -8.61. The van der Waals surface area contributed by atoms with E-state index < -0.39 is 79.2 Å². The number of carboxylic acid groups (broad SMARTS) is 2. The fourth-order valence-electron chi connectivity index (χ4n) is 6.47. The van der Waals surface area contributed by atoms with Gasteiger partial charge in [0.25, 0.3) is 18.2 Å². The van der Waals surface area contributed by atoms with Gasteiger partial charge in [-0.1, -0.05) is 121 Å². The predicted molar refractivity (Wildman–Crippen MR) is 230 cm³/mol. The van der Waals surface area contributed by atoms with Gasteiger partial charge in [0.15, 0.2) is 0 Å². The summed E-state index contributed by atoms with van der Waals surface area (Å²) in [6, 6.07) is 34.3. The maximum absolute atomic E-state index is 15.1. The van der Waals surface area contributed by atoms with Crippen LogP contribution in [-0.4, -0.2) is 83.7 Å². The molecule has 0 bridgehead atoms. The summed E-state index contributed by atoms with van der Waals surface area (Å²) in [4.78, 5) is 92.6. The zero-order valence-corrected chi connectivity index (χ0v) is 35.1. The quantitative estimate of drug-likeness (QED) is 0.0507. The number of ketones is 1. The number of hydrogen-bond acceptors (Lipinski definition) is 13. The van der Waals surface area contributed by atoms with Crippen LogP contribution in [0.3, 0.4) is 0 Å². The minimum Gasteiger partial charge on any atom is -0.480 e. The van der Waals surface area contributed by atoms with E-state index in [0.717, 1.165) is 20.5 Å². The van der Waals surface area contributed by atoms with Crippen LogP contribution in [0.1, 0.15) is 58.9 Å². The van der Waals surface area contributed by atoms with E-state index in [-0.39, 0.29) is 26.1 Å². The molecular weight excluding hydrogens is 857 g/mol. The molecule has 6 aromatic rings. The topological polar surface area (TPSA) is 257 Å². The number of carboxylic acids is 2. The Labute approximate surface area is 376 Å². The molecule has 0 fully saturated rings. The van der Waals surface area contributed by atoms with E-state index in [1.165, 1.54) is 12.4 Å². The number of amides is 2. The van der Waals surface area contributed by atoms with Crippen LogP contribution in [0, 0.1) is 0 Å². The van der Waals surface area contributed by atoms with E-state index in [1.54, 1.807) is 133 Å². The molecule has 4 atom stereocenters. The first-order valence-electron chi connectivity index (χ1n) is 20.4. The van der Waals surface area contributed by atoms with Gasteiger partial charge in [0.2, 0.25) is 0 Å². The third-order valence-electron chi connectivity index (χ3n) is 9.73. The number of ether oxygens (including phenoxy) is 4. The fraction of sp³-hybridized carbons (Fsp3) is 0.213. The van der Waals surface area contributed by atoms with Gasteiger partial charge in [-0.15, -0.1) is 0 Å². The third-order valence-corrected chi connectivity index (χ3v) is 9.73. The molecule has 2 amide bonds. The molecule has 4 N–H and O–H groups in total. The Morgan fingerprint density at radius 2 is 0.818 bits per heavy atom. The van der Waals surface area contributed by atoms with Crippen molar-refractivity contribution >= 4 is 41.8 Å². The van der Waals surface area contributed by atoms with Gasteiger partial charge in [-0.05, 0) is 34.4 Å². The molecule has 4 aromatic carbocycles. The Bertz CT molecular complexity index is 2410. The van der Waals surface area contributed by atoms with Gasteiger partial charge in [0.05, 0.1) is 12.8 Å². The van der Waals surface area contributed by atoms with Crippen molar-refractivity contribution in [3.05, 3.63) is 179 Å². The van der Waals surface area contributed by atoms with Gasteiger partial charge in [-0.2, -0.15) is 10.2 Å². The van der Waals surface area contributed by atoms with Crippen LogP contribution in [0.2, 0.25) is 0 Å². The lowest BCUT2D eigenvalue weighted by Crippen LogP contribution is -2.44. The van der Waals surface area contributed by atoms with Crippen LogP contribution in [0.4, 0.5) is 9.59 Å². The molecule has 19 heteroatoms. The van der Waals surface area contributed by atoms with Crippen molar-refractivity contribution in [3.8, 4) is 0 Å². The highest BCUT2D eigenvalue weighted by Gasteiger charge is 2.40. The third kappa shape index (κ3) is 13.7. The van der Waals surface area contributed by atoms with Crippen LogP contribution in [0.25, 0.3) is 0 Å². The molecule has 6 rings (SSSR count). The summed E-state index contributed by atoms with van der Waals surface area (Å²) >= 11 is 0. The minimum atomic E-state index is -2.08. The molecule has 2 unspecified atom stereocenters. The highest BCUT2D eigenvalue weighted by molar-refractivity contribution is 5.91. The number of esters is 2. The molecule has 340 valence electrons. The molecule has 2 heterocycles. The first-order chi connectivity index (χ1) is 31.9. The summed E-state index contributed by atoms with van der Waals surface area (Å²) in [7, 11) is 0. The monoisotopic (exact) mass is 900 g/mol. The van der Waals surface area contributed by atoms with E-state index in [4.69, 9.17) is 18.9 Å². The lowest BCUT2D eigenvalue weighted by atomic mass is 10.1. The van der Waals surface area contributed by atoms with Crippen molar-refractivity contribution in [2.24, 2.45) is 0 Å². The van der Waals surface area contributed by atoms with Gasteiger partial charge < -0.3 is 39.8 Å². The highest BCUT2D eigenvalue weighted by atomic mass is 16.6. The summed E-state index contributed by atoms with van der Waals surface area (Å²) in [5, 5.41) is 32.8. The molecule has 0 aliphatic carbocycles. The molecule has 0 aliphatic heterocycles. The second kappa shape index (κ2) is 23.2. The number of nitrogens with one attached hydrogen (secondary N) is 2. The zero-order valence-electron chi connectivity index (χ0n) is 35.1. The van der Waals surface area contributed by atoms with E-state index in [9.17, 15) is 39.0 Å². The van der Waals surface area contributed by atoms with Crippen molar-refractivity contribution < 1.29 is 62.7 Å². The largest absolute Gasteiger partial charge is 0.480 e. The normalized spacial score (nSPS) is 12.6. The first kappa shape index (κ1) is 46.9. The highest BCUT2D eigenvalue weighted by Crippen LogP contribution is 2.26. The summed E-state index contributed by atoms with van der Waals surface area (Å²) in [5.74, 6) is -7.03. The fourth-order valence-corrected chi connectivity index (χ4v) is 6.47. The number of aromatic nitrogens is 4. The Morgan fingerprint density at radius 1 is 0.485 bits per heavy atom. The van der Waals surface area contributed by atoms with Crippen LogP contribution in [0.15, 0.2) is 146 Å². The number of aliphatic carboxylic acids is 2. The van der Waals surface area contributed by atoms with Gasteiger partial charge in [-0.3, -0.25) is 14.4 Å².